The molecule has 1 heterocycles. The quantitative estimate of drug-likeness (QED) is 0.783. The Hall–Kier alpha value is -0.380. The number of nitrogens with two attached hydrogens (primary N) is 1. The topological polar surface area (TPSA) is 51.8 Å². The minimum atomic E-state index is 0. The summed E-state index contributed by atoms with van der Waals surface area (Å²) >= 11 is 0. The zero-order chi connectivity index (χ0) is 7.68. The Morgan fingerprint density at radius 2 is 1.69 bits per heavy atom. The maximum Gasteiger partial charge on any atom is 0.131 e. The third-order valence-corrected chi connectivity index (χ3v) is 2.13. The Labute approximate surface area is 90.0 Å². The van der Waals surface area contributed by atoms with Gasteiger partial charge in [-0.3, -0.25) is 0 Å². The summed E-state index contributed by atoms with van der Waals surface area (Å²) in [5.74, 6) is 1.47. The summed E-state index contributed by atoms with van der Waals surface area (Å²) in [6.07, 6.45) is 5.66. The van der Waals surface area contributed by atoms with Crippen LogP contribution in [-0.2, 0) is 0 Å². The summed E-state index contributed by atoms with van der Waals surface area (Å²) in [6.45, 7) is 0. The third kappa shape index (κ3) is 2.79. The molecule has 0 spiro atoms. The molecule has 0 atom stereocenters. The van der Waals surface area contributed by atoms with Crippen molar-refractivity contribution in [2.24, 2.45) is 5.73 Å². The zero-order valence-corrected chi connectivity index (χ0v) is 8.72. The first-order valence-corrected chi connectivity index (χ1v) is 3.89. The van der Waals surface area contributed by atoms with Gasteiger partial charge in [0, 0.05) is 24.4 Å². The highest BCUT2D eigenvalue weighted by Crippen LogP contribution is 2.32. The van der Waals surface area contributed by atoms with Gasteiger partial charge in [0.2, 0.25) is 0 Å². The molecular formula is C8H13Cl2N3. The Balaban J connectivity index is 0.000000720. The highest BCUT2D eigenvalue weighted by Gasteiger charge is 2.28. The van der Waals surface area contributed by atoms with Crippen LogP contribution in [0.2, 0.25) is 0 Å². The highest BCUT2D eigenvalue weighted by molar-refractivity contribution is 5.85. The van der Waals surface area contributed by atoms with Crippen molar-refractivity contribution in [3.05, 3.63) is 24.3 Å². The van der Waals surface area contributed by atoms with Crippen molar-refractivity contribution < 1.29 is 0 Å². The van der Waals surface area contributed by atoms with E-state index in [-0.39, 0.29) is 24.8 Å². The smallest absolute Gasteiger partial charge is 0.131 e. The Morgan fingerprint density at radius 1 is 1.15 bits per heavy atom. The molecule has 0 aliphatic heterocycles. The van der Waals surface area contributed by atoms with Gasteiger partial charge in [-0.2, -0.15) is 0 Å². The molecule has 5 heteroatoms. The Kier molecular flexibility index (Phi) is 5.21. The SMILES string of the molecule is Cl.Cl.NC1CC(c2ncccn2)C1. The first-order valence-electron chi connectivity index (χ1n) is 3.89. The molecule has 1 aromatic rings. The van der Waals surface area contributed by atoms with E-state index < -0.39 is 0 Å². The summed E-state index contributed by atoms with van der Waals surface area (Å²) in [5.41, 5.74) is 5.65. The second-order valence-corrected chi connectivity index (χ2v) is 3.04. The predicted octanol–water partition coefficient (Wildman–Crippen LogP) is 1.52. The minimum Gasteiger partial charge on any atom is -0.328 e. The van der Waals surface area contributed by atoms with Crippen molar-refractivity contribution in [2.45, 2.75) is 24.8 Å². The first-order chi connectivity index (χ1) is 5.36. The van der Waals surface area contributed by atoms with Gasteiger partial charge in [-0.15, -0.1) is 24.8 Å². The molecule has 13 heavy (non-hydrogen) atoms. The molecule has 2 N–H and O–H groups in total. The normalized spacial score (nSPS) is 25.0. The number of aromatic nitrogens is 2. The fourth-order valence-electron chi connectivity index (χ4n) is 1.39. The average molecular weight is 222 g/mol. The second kappa shape index (κ2) is 5.37. The molecule has 1 aromatic heterocycles. The van der Waals surface area contributed by atoms with Crippen LogP contribution in [0.5, 0.6) is 0 Å². The van der Waals surface area contributed by atoms with Crippen molar-refractivity contribution in [3.8, 4) is 0 Å². The van der Waals surface area contributed by atoms with Gasteiger partial charge >= 0.3 is 0 Å². The van der Waals surface area contributed by atoms with Crippen LogP contribution in [0.15, 0.2) is 18.5 Å². The molecule has 0 saturated heterocycles. The van der Waals surface area contributed by atoms with Crippen molar-refractivity contribution in [3.63, 3.8) is 0 Å². The van der Waals surface area contributed by atoms with Gasteiger partial charge in [0.25, 0.3) is 0 Å². The van der Waals surface area contributed by atoms with Crippen molar-refractivity contribution in [2.75, 3.05) is 0 Å². The van der Waals surface area contributed by atoms with Gasteiger partial charge in [0.15, 0.2) is 0 Å². The van der Waals surface area contributed by atoms with E-state index in [1.807, 2.05) is 6.07 Å². The van der Waals surface area contributed by atoms with Crippen LogP contribution in [0, 0.1) is 0 Å². The molecular weight excluding hydrogens is 209 g/mol. The fraction of sp³-hybridized carbons (Fsp3) is 0.500. The van der Waals surface area contributed by atoms with E-state index in [0.717, 1.165) is 18.7 Å². The van der Waals surface area contributed by atoms with Crippen LogP contribution in [0.25, 0.3) is 0 Å². The number of halogens is 2. The standard InChI is InChI=1S/C8H11N3.2ClH/c9-7-4-6(5-7)8-10-2-1-3-11-8;;/h1-3,6-7H,4-5,9H2;2*1H. The number of hydrogen-bond acceptors (Lipinski definition) is 3. The van der Waals surface area contributed by atoms with Crippen molar-refractivity contribution in [1.29, 1.82) is 0 Å². The van der Waals surface area contributed by atoms with E-state index in [4.69, 9.17) is 5.73 Å². The lowest BCUT2D eigenvalue weighted by molar-refractivity contribution is 0.338. The van der Waals surface area contributed by atoms with E-state index in [1.54, 1.807) is 12.4 Å². The summed E-state index contributed by atoms with van der Waals surface area (Å²) < 4.78 is 0. The summed E-state index contributed by atoms with van der Waals surface area (Å²) in [5, 5.41) is 0. The number of rotatable bonds is 1. The largest absolute Gasteiger partial charge is 0.328 e. The van der Waals surface area contributed by atoms with Crippen molar-refractivity contribution >= 4 is 24.8 Å². The monoisotopic (exact) mass is 221 g/mol. The highest BCUT2D eigenvalue weighted by atomic mass is 35.5. The van der Waals surface area contributed by atoms with Crippen LogP contribution in [0.4, 0.5) is 0 Å². The molecule has 0 radical (unpaired) electrons. The van der Waals surface area contributed by atoms with E-state index in [1.165, 1.54) is 0 Å². The predicted molar refractivity (Wildman–Crippen MR) is 56.5 cm³/mol. The van der Waals surface area contributed by atoms with Gasteiger partial charge < -0.3 is 5.73 Å². The lowest BCUT2D eigenvalue weighted by Crippen LogP contribution is -2.35. The van der Waals surface area contributed by atoms with Gasteiger partial charge in [0.05, 0.1) is 0 Å². The summed E-state index contributed by atoms with van der Waals surface area (Å²) in [6, 6.07) is 2.21. The molecule has 2 rings (SSSR count). The summed E-state index contributed by atoms with van der Waals surface area (Å²) in [7, 11) is 0. The lowest BCUT2D eigenvalue weighted by atomic mass is 9.80. The third-order valence-electron chi connectivity index (χ3n) is 2.13. The second-order valence-electron chi connectivity index (χ2n) is 3.04. The molecule has 0 aromatic carbocycles. The molecule has 1 aliphatic rings. The Morgan fingerprint density at radius 3 is 2.15 bits per heavy atom. The van der Waals surface area contributed by atoms with Gasteiger partial charge in [-0.05, 0) is 18.9 Å². The van der Waals surface area contributed by atoms with Gasteiger partial charge in [-0.1, -0.05) is 0 Å². The van der Waals surface area contributed by atoms with Crippen LogP contribution < -0.4 is 5.73 Å². The molecule has 0 amide bonds. The van der Waals surface area contributed by atoms with E-state index in [9.17, 15) is 0 Å². The molecule has 1 aliphatic carbocycles. The minimum absolute atomic E-state index is 0. The average Bonchev–Trinajstić information content (AvgIpc) is 2.01. The van der Waals surface area contributed by atoms with Gasteiger partial charge in [0.1, 0.15) is 5.82 Å². The van der Waals surface area contributed by atoms with Crippen LogP contribution in [-0.4, -0.2) is 16.0 Å². The van der Waals surface area contributed by atoms with Crippen LogP contribution >= 0.6 is 24.8 Å². The van der Waals surface area contributed by atoms with Gasteiger partial charge in [-0.25, -0.2) is 9.97 Å². The van der Waals surface area contributed by atoms with E-state index in [2.05, 4.69) is 9.97 Å². The number of hydrogen-bond donors (Lipinski definition) is 1. The molecule has 3 nitrogen and oxygen atoms in total. The first kappa shape index (κ1) is 12.6. The van der Waals surface area contributed by atoms with Crippen LogP contribution in [0.3, 0.4) is 0 Å². The molecule has 1 saturated carbocycles. The summed E-state index contributed by atoms with van der Waals surface area (Å²) in [4.78, 5) is 8.34. The molecule has 1 fully saturated rings. The fourth-order valence-corrected chi connectivity index (χ4v) is 1.39. The van der Waals surface area contributed by atoms with Crippen LogP contribution in [0.1, 0.15) is 24.6 Å². The van der Waals surface area contributed by atoms with E-state index in [0.29, 0.717) is 12.0 Å². The lowest BCUT2D eigenvalue weighted by Gasteiger charge is -2.30. The van der Waals surface area contributed by atoms with Crippen molar-refractivity contribution in [1.82, 2.24) is 9.97 Å². The molecule has 74 valence electrons. The number of nitrogens with zero attached hydrogens (tertiary/aromatic N) is 2. The zero-order valence-electron chi connectivity index (χ0n) is 7.09. The molecule has 0 bridgehead atoms. The maximum absolute atomic E-state index is 5.65. The van der Waals surface area contributed by atoms with E-state index >= 15 is 0 Å². The maximum atomic E-state index is 5.65. The molecule has 0 unspecified atom stereocenters. The Bertz CT molecular complexity index is 236.